The Labute approximate surface area is 632 Å². The van der Waals surface area contributed by atoms with Crippen molar-refractivity contribution in [3.05, 3.63) is 0 Å². The van der Waals surface area contributed by atoms with Gasteiger partial charge in [-0.3, -0.25) is 57.5 Å². The molecule has 13 atom stereocenters. The molecule has 12 amide bonds. The molecule has 0 radical (unpaired) electrons. The molecule has 29 heteroatoms. The highest BCUT2D eigenvalue weighted by Gasteiger charge is 2.47. The molecule has 0 aromatic carbocycles. The van der Waals surface area contributed by atoms with Gasteiger partial charge in [-0.1, -0.05) is 130 Å². The molecule has 0 bridgehead atoms. The molecule has 28 nitrogen and oxygen atoms in total. The number of rotatable bonds is 26. The summed E-state index contributed by atoms with van der Waals surface area (Å²) in [7, 11) is 9.84. The second-order valence-electron chi connectivity index (χ2n) is 33.1. The van der Waals surface area contributed by atoms with E-state index in [2.05, 4.69) is 26.6 Å². The zero-order chi connectivity index (χ0) is 81.4. The van der Waals surface area contributed by atoms with Gasteiger partial charge in [-0.2, -0.15) is 11.8 Å². The fourth-order valence-corrected chi connectivity index (χ4v) is 14.1. The van der Waals surface area contributed by atoms with Gasteiger partial charge in [0.1, 0.15) is 72.1 Å². The van der Waals surface area contributed by atoms with Gasteiger partial charge in [-0.05, 0) is 127 Å². The Balaban J connectivity index is 4.58. The van der Waals surface area contributed by atoms with Gasteiger partial charge in [0.15, 0.2) is 0 Å². The Hall–Kier alpha value is -6.78. The summed E-state index contributed by atoms with van der Waals surface area (Å²) in [6.07, 6.45) is 1.03. The summed E-state index contributed by atoms with van der Waals surface area (Å²) in [6.45, 7) is 37.1. The lowest BCUT2D eigenvalue weighted by Crippen LogP contribution is -2.64. The van der Waals surface area contributed by atoms with Crippen LogP contribution in [0.2, 0.25) is 0 Å². The number of aliphatic hydroxyl groups is 1. The van der Waals surface area contributed by atoms with Gasteiger partial charge in [-0.15, -0.1) is 0 Å². The molecule has 105 heavy (non-hydrogen) atoms. The number of hydrogen-bond acceptors (Lipinski definition) is 16. The van der Waals surface area contributed by atoms with Crippen LogP contribution in [-0.2, 0) is 62.3 Å². The average Bonchev–Trinajstić information content (AvgIpc) is 0.811. The van der Waals surface area contributed by atoms with Gasteiger partial charge in [-0.25, -0.2) is 4.79 Å². The summed E-state index contributed by atoms with van der Waals surface area (Å²) in [5.74, 6) is -11.9. The first kappa shape index (κ1) is 96.2. The van der Waals surface area contributed by atoms with Crippen LogP contribution in [0.3, 0.4) is 0 Å². The molecule has 0 aliphatic carbocycles. The predicted molar refractivity (Wildman–Crippen MR) is 409 cm³/mol. The number of aliphatic hydroxyl groups excluding tert-OH is 1. The van der Waals surface area contributed by atoms with Crippen molar-refractivity contribution in [3.63, 3.8) is 0 Å². The van der Waals surface area contributed by atoms with Gasteiger partial charge < -0.3 is 75.8 Å². The number of carbonyl (C=O) groups excluding carboxylic acids is 12. The number of ether oxygens (including phenoxy) is 1. The summed E-state index contributed by atoms with van der Waals surface area (Å²) in [4.78, 5) is 198. The van der Waals surface area contributed by atoms with E-state index in [9.17, 15) is 39.0 Å². The Bertz CT molecular complexity index is 2900. The molecule has 0 spiro atoms. The smallest absolute Gasteiger partial charge is 0.407 e. The molecule has 0 saturated carbocycles. The van der Waals surface area contributed by atoms with Crippen LogP contribution in [0.15, 0.2) is 0 Å². The maximum absolute atomic E-state index is 15.6. The van der Waals surface area contributed by atoms with Crippen molar-refractivity contribution in [3.8, 4) is 0 Å². The molecule has 1 fully saturated rings. The number of unbranched alkanes of at least 4 members (excludes halogenated alkanes) is 3. The number of nitrogens with zero attached hydrogens (tertiary/aromatic N) is 7. The quantitative estimate of drug-likeness (QED) is 0.0453. The number of carboxylic acids is 1. The molecule has 0 aromatic heterocycles. The van der Waals surface area contributed by atoms with E-state index in [0.29, 0.717) is 38.6 Å². The van der Waals surface area contributed by atoms with E-state index in [0.717, 1.165) is 4.90 Å². The Kier molecular flexibility index (Phi) is 40.2. The second-order valence-corrected chi connectivity index (χ2v) is 34.8. The van der Waals surface area contributed by atoms with E-state index in [4.69, 9.17) is 4.74 Å². The van der Waals surface area contributed by atoms with Crippen LogP contribution in [0, 0.1) is 41.4 Å². The van der Waals surface area contributed by atoms with Gasteiger partial charge in [0.25, 0.3) is 0 Å². The molecular formula is C76H138N12O16S. The summed E-state index contributed by atoms with van der Waals surface area (Å²) in [6, 6.07) is -14.6. The minimum Gasteiger partial charge on any atom is -0.481 e. The highest BCUT2D eigenvalue weighted by Crippen LogP contribution is 2.33. The van der Waals surface area contributed by atoms with Crippen molar-refractivity contribution >= 4 is 88.8 Å². The first-order chi connectivity index (χ1) is 48.3. The highest BCUT2D eigenvalue weighted by molar-refractivity contribution is 8.00. The third-order valence-electron chi connectivity index (χ3n) is 19.5. The van der Waals surface area contributed by atoms with Crippen LogP contribution in [0.1, 0.15) is 222 Å². The molecule has 604 valence electrons. The second kappa shape index (κ2) is 43.9. The molecule has 1 rings (SSSR count). The molecular weight excluding hydrogens is 1370 g/mol. The van der Waals surface area contributed by atoms with Gasteiger partial charge in [0, 0.05) is 72.8 Å². The summed E-state index contributed by atoms with van der Waals surface area (Å²) < 4.78 is 4.57. The maximum Gasteiger partial charge on any atom is 0.407 e. The lowest BCUT2D eigenvalue weighted by atomic mass is 9.90. The fraction of sp³-hybridized carbons (Fsp3) is 0.829. The number of nitrogens with one attached hydrogen (secondary N) is 5. The number of alkyl carbamates (subject to hydrolysis) is 1. The number of carboxylic acid groups (broad SMARTS) is 1. The third kappa shape index (κ3) is 30.4. The summed E-state index contributed by atoms with van der Waals surface area (Å²) >= 11 is 1.22. The highest BCUT2D eigenvalue weighted by atomic mass is 32.2. The largest absolute Gasteiger partial charge is 0.481 e. The molecule has 1 saturated heterocycles. The number of thioether (sulfide) groups is 1. The van der Waals surface area contributed by atoms with Crippen LogP contribution in [0.25, 0.3) is 0 Å². The van der Waals surface area contributed by atoms with E-state index < -0.39 is 178 Å². The maximum atomic E-state index is 15.6. The molecule has 1 heterocycles. The topological polar surface area (TPSA) is 354 Å². The van der Waals surface area contributed by atoms with E-state index in [1.54, 1.807) is 76.2 Å². The summed E-state index contributed by atoms with van der Waals surface area (Å²) in [5, 5.41) is 36.2. The van der Waals surface area contributed by atoms with Crippen LogP contribution < -0.4 is 26.6 Å². The molecule has 1 aliphatic heterocycles. The van der Waals surface area contributed by atoms with Crippen LogP contribution >= 0.6 is 11.8 Å². The lowest BCUT2D eigenvalue weighted by Gasteiger charge is -2.42. The first-order valence-electron chi connectivity index (χ1n) is 37.9. The minimum absolute atomic E-state index is 0.0621. The number of amides is 12. The Morgan fingerprint density at radius 2 is 0.905 bits per heavy atom. The monoisotopic (exact) mass is 1510 g/mol. The molecule has 1 aliphatic rings. The van der Waals surface area contributed by atoms with E-state index in [-0.39, 0.29) is 74.4 Å². The normalized spacial score (nSPS) is 24.9. The first-order valence-corrected chi connectivity index (χ1v) is 38.9. The standard InChI is InChI=1S/C76H138N12O16S/c1-29-52-68(97)86(26)57(42-105-76(20,21)36-35-58(89)90)71(100)82(22)54(39-44(4)5)65(94)81-59(47(10)11)72(101)83(23)53(38-43(2)3)64(93)78-50(15)63(92)79-51(16)67(96)84(24)55(40-45(6)7)69(98)85(25)56(41-46(8)9)70(99)87(27)60(48(12)13)73(102)88(28)61(66(95)80-52)62(91)49(14)34-32-30-31-33-37-77-74(103)104-75(17,18)19/h43-57,59-62,91H,29-42H2,1-28H3,(H,77,103)(H,78,93)(H,79,92)(H,80,95)(H,81,94)(H,89,90)/t49-,50+,51-,52+,53+,54+,55+,56+,57-,59+,60+,61+,62-/m1/s1. The van der Waals surface area contributed by atoms with Gasteiger partial charge in [0.2, 0.25) is 65.0 Å². The van der Waals surface area contributed by atoms with E-state index >= 15 is 33.6 Å². The van der Waals surface area contributed by atoms with E-state index in [1.165, 1.54) is 104 Å². The van der Waals surface area contributed by atoms with E-state index in [1.807, 2.05) is 55.4 Å². The van der Waals surface area contributed by atoms with Crippen LogP contribution in [0.5, 0.6) is 0 Å². The third-order valence-corrected chi connectivity index (χ3v) is 20.9. The van der Waals surface area contributed by atoms with Crippen LogP contribution in [-0.4, -0.2) is 266 Å². The van der Waals surface area contributed by atoms with Crippen molar-refractivity contribution in [2.75, 3.05) is 61.6 Å². The zero-order valence-corrected chi connectivity index (χ0v) is 69.8. The number of aliphatic carboxylic acids is 1. The van der Waals surface area contributed by atoms with Crippen molar-refractivity contribution in [1.29, 1.82) is 0 Å². The van der Waals surface area contributed by atoms with Crippen molar-refractivity contribution in [1.82, 2.24) is 60.9 Å². The molecule has 7 N–H and O–H groups in total. The number of likely N-dealkylation sites (N-methyl/N-ethyl adjacent to an activating group) is 7. The number of hydrogen-bond donors (Lipinski definition) is 7. The predicted octanol–water partition coefficient (Wildman–Crippen LogP) is 6.52. The molecule has 0 unspecified atom stereocenters. The molecule has 0 aromatic rings. The fourth-order valence-electron chi connectivity index (χ4n) is 12.9. The average molecular weight is 1510 g/mol. The van der Waals surface area contributed by atoms with Crippen LogP contribution in [0.4, 0.5) is 4.79 Å². The Morgan fingerprint density at radius 1 is 0.486 bits per heavy atom. The van der Waals surface area contributed by atoms with Crippen molar-refractivity contribution in [2.24, 2.45) is 41.4 Å². The Morgan fingerprint density at radius 3 is 1.37 bits per heavy atom. The minimum atomic E-state index is -1.72. The van der Waals surface area contributed by atoms with Crippen molar-refractivity contribution in [2.45, 2.75) is 305 Å². The SMILES string of the molecule is CC[C@@H]1NC(=O)[C@H]([C@H](O)[C@H](C)CCCCCCNC(=O)OC(C)(C)C)N(C)C(=O)[C@H](C(C)C)N(C)C(=O)[C@H](CC(C)C)N(C)C(=O)[C@H](CC(C)C)N(C)C(=O)[C@@H](C)NC(=O)[C@H](C)NC(=O)[C@H](CC(C)C)N(C)C(=O)[C@H](C(C)C)NC(=O)[C@H](CC(C)C)N(C)C(=O)[C@@H](CSC(C)(C)CCC(=O)O)N(C)C1=O. The zero-order valence-electron chi connectivity index (χ0n) is 69.0. The van der Waals surface area contributed by atoms with Gasteiger partial charge in [0.05, 0.1) is 6.10 Å². The summed E-state index contributed by atoms with van der Waals surface area (Å²) in [5.41, 5.74) is -0.672. The lowest BCUT2D eigenvalue weighted by molar-refractivity contribution is -0.157. The number of carbonyl (C=O) groups is 13. The van der Waals surface area contributed by atoms with Crippen molar-refractivity contribution < 1.29 is 77.3 Å². The van der Waals surface area contributed by atoms with Gasteiger partial charge >= 0.3 is 12.1 Å².